The number of benzene rings is 2. The summed E-state index contributed by atoms with van der Waals surface area (Å²) in [4.78, 5) is 29.5. The van der Waals surface area contributed by atoms with Crippen LogP contribution in [-0.2, 0) is 4.79 Å². The summed E-state index contributed by atoms with van der Waals surface area (Å²) in [6.07, 6.45) is 0.916. The molecule has 1 fully saturated rings. The lowest BCUT2D eigenvalue weighted by Crippen LogP contribution is -2.37. The SMILES string of the molecule is CC(C)CNC(=O)c1ccccc1NC(=O)CN1CCCN(c2ccc(F)cc2)CC1. The molecule has 1 saturated heterocycles. The van der Waals surface area contributed by atoms with Crippen molar-refractivity contribution in [3.05, 3.63) is 59.9 Å². The molecule has 166 valence electrons. The summed E-state index contributed by atoms with van der Waals surface area (Å²) in [5.74, 6) is -0.216. The summed E-state index contributed by atoms with van der Waals surface area (Å²) in [5.41, 5.74) is 1.99. The van der Waals surface area contributed by atoms with E-state index in [1.807, 2.05) is 13.8 Å². The van der Waals surface area contributed by atoms with Gasteiger partial charge in [-0.25, -0.2) is 4.39 Å². The molecule has 0 aromatic heterocycles. The topological polar surface area (TPSA) is 64.7 Å². The van der Waals surface area contributed by atoms with Crippen molar-refractivity contribution in [2.75, 3.05) is 49.5 Å². The van der Waals surface area contributed by atoms with Gasteiger partial charge in [0.05, 0.1) is 17.8 Å². The molecule has 2 amide bonds. The molecular formula is C24H31FN4O2. The number of nitrogens with one attached hydrogen (secondary N) is 2. The number of carbonyl (C=O) groups is 2. The molecule has 2 aromatic rings. The molecule has 6 nitrogen and oxygen atoms in total. The predicted molar refractivity (Wildman–Crippen MR) is 122 cm³/mol. The quantitative estimate of drug-likeness (QED) is 0.713. The van der Waals surface area contributed by atoms with E-state index >= 15 is 0 Å². The molecule has 0 unspecified atom stereocenters. The van der Waals surface area contributed by atoms with Crippen molar-refractivity contribution >= 4 is 23.2 Å². The number of anilines is 2. The molecule has 2 aromatic carbocycles. The van der Waals surface area contributed by atoms with Crippen LogP contribution in [-0.4, -0.2) is 56.0 Å². The molecule has 7 heteroatoms. The Bertz CT molecular complexity index is 885. The van der Waals surface area contributed by atoms with Crippen LogP contribution in [0.15, 0.2) is 48.5 Å². The minimum Gasteiger partial charge on any atom is -0.370 e. The van der Waals surface area contributed by atoms with Gasteiger partial charge >= 0.3 is 0 Å². The Kier molecular flexibility index (Phi) is 8.00. The lowest BCUT2D eigenvalue weighted by Gasteiger charge is -2.23. The second kappa shape index (κ2) is 10.9. The average molecular weight is 427 g/mol. The van der Waals surface area contributed by atoms with Crippen LogP contribution in [0.2, 0.25) is 0 Å². The fourth-order valence-corrected chi connectivity index (χ4v) is 3.61. The highest BCUT2D eigenvalue weighted by atomic mass is 19.1. The highest BCUT2D eigenvalue weighted by Crippen LogP contribution is 2.18. The predicted octanol–water partition coefficient (Wildman–Crippen LogP) is 3.36. The summed E-state index contributed by atoms with van der Waals surface area (Å²) in [6.45, 7) is 8.09. The van der Waals surface area contributed by atoms with E-state index < -0.39 is 0 Å². The van der Waals surface area contributed by atoms with E-state index in [1.165, 1.54) is 12.1 Å². The molecule has 0 bridgehead atoms. The number of carbonyl (C=O) groups excluding carboxylic acids is 2. The van der Waals surface area contributed by atoms with Gasteiger partial charge in [0.15, 0.2) is 0 Å². The van der Waals surface area contributed by atoms with Crippen molar-refractivity contribution in [1.29, 1.82) is 0 Å². The molecule has 2 N–H and O–H groups in total. The minimum absolute atomic E-state index is 0.139. The van der Waals surface area contributed by atoms with Crippen molar-refractivity contribution in [2.24, 2.45) is 5.92 Å². The van der Waals surface area contributed by atoms with Crippen LogP contribution in [0.5, 0.6) is 0 Å². The van der Waals surface area contributed by atoms with Gasteiger partial charge in [0, 0.05) is 38.4 Å². The lowest BCUT2D eigenvalue weighted by molar-refractivity contribution is -0.117. The Labute approximate surface area is 183 Å². The second-order valence-corrected chi connectivity index (χ2v) is 8.29. The summed E-state index contributed by atoms with van der Waals surface area (Å²) in [7, 11) is 0. The number of halogens is 1. The zero-order chi connectivity index (χ0) is 22.2. The summed E-state index contributed by atoms with van der Waals surface area (Å²) >= 11 is 0. The fraction of sp³-hybridized carbons (Fsp3) is 0.417. The second-order valence-electron chi connectivity index (χ2n) is 8.29. The number of rotatable bonds is 7. The van der Waals surface area contributed by atoms with Crippen LogP contribution < -0.4 is 15.5 Å². The molecule has 1 aliphatic rings. The van der Waals surface area contributed by atoms with E-state index in [1.54, 1.807) is 36.4 Å². The van der Waals surface area contributed by atoms with Crippen molar-refractivity contribution in [2.45, 2.75) is 20.3 Å². The third-order valence-corrected chi connectivity index (χ3v) is 5.26. The normalized spacial score (nSPS) is 14.9. The standard InChI is InChI=1S/C24H31FN4O2/c1-18(2)16-26-24(31)21-6-3-4-7-22(21)27-23(30)17-28-12-5-13-29(15-14-28)20-10-8-19(25)9-11-20/h3-4,6-11,18H,5,12-17H2,1-2H3,(H,26,31)(H,27,30). The maximum Gasteiger partial charge on any atom is 0.253 e. The third kappa shape index (κ3) is 6.79. The third-order valence-electron chi connectivity index (χ3n) is 5.26. The number of nitrogens with zero attached hydrogens (tertiary/aromatic N) is 2. The lowest BCUT2D eigenvalue weighted by atomic mass is 10.1. The first-order valence-electron chi connectivity index (χ1n) is 10.8. The van der Waals surface area contributed by atoms with Crippen LogP contribution in [0, 0.1) is 11.7 Å². The van der Waals surface area contributed by atoms with Crippen molar-refractivity contribution in [3.8, 4) is 0 Å². The molecule has 1 heterocycles. The Morgan fingerprint density at radius 2 is 1.74 bits per heavy atom. The maximum atomic E-state index is 13.2. The van der Waals surface area contributed by atoms with Gasteiger partial charge in [0.25, 0.3) is 5.91 Å². The largest absolute Gasteiger partial charge is 0.370 e. The summed E-state index contributed by atoms with van der Waals surface area (Å²) < 4.78 is 13.2. The van der Waals surface area contributed by atoms with E-state index in [0.29, 0.717) is 23.7 Å². The Morgan fingerprint density at radius 1 is 1.00 bits per heavy atom. The number of amides is 2. The zero-order valence-electron chi connectivity index (χ0n) is 18.2. The van der Waals surface area contributed by atoms with Gasteiger partial charge in [0.1, 0.15) is 5.82 Å². The van der Waals surface area contributed by atoms with Gasteiger partial charge in [-0.3, -0.25) is 14.5 Å². The molecule has 0 radical (unpaired) electrons. The minimum atomic E-state index is -0.241. The highest BCUT2D eigenvalue weighted by molar-refractivity contribution is 6.04. The summed E-state index contributed by atoms with van der Waals surface area (Å²) in [5, 5.41) is 5.80. The van der Waals surface area contributed by atoms with Crippen LogP contribution in [0.25, 0.3) is 0 Å². The van der Waals surface area contributed by atoms with E-state index in [4.69, 9.17) is 0 Å². The van der Waals surface area contributed by atoms with Crippen LogP contribution in [0.4, 0.5) is 15.8 Å². The van der Waals surface area contributed by atoms with Gasteiger partial charge in [-0.15, -0.1) is 0 Å². The smallest absolute Gasteiger partial charge is 0.253 e. The first-order valence-corrected chi connectivity index (χ1v) is 10.8. The molecule has 1 aliphatic heterocycles. The van der Waals surface area contributed by atoms with E-state index in [9.17, 15) is 14.0 Å². The molecular weight excluding hydrogens is 395 g/mol. The molecule has 0 spiro atoms. The first-order chi connectivity index (χ1) is 14.9. The van der Waals surface area contributed by atoms with E-state index in [0.717, 1.165) is 38.3 Å². The maximum absolute atomic E-state index is 13.2. The van der Waals surface area contributed by atoms with Gasteiger partial charge in [-0.1, -0.05) is 26.0 Å². The van der Waals surface area contributed by atoms with Crippen molar-refractivity contribution in [3.63, 3.8) is 0 Å². The molecule has 31 heavy (non-hydrogen) atoms. The molecule has 0 saturated carbocycles. The molecule has 3 rings (SSSR count). The monoisotopic (exact) mass is 426 g/mol. The van der Waals surface area contributed by atoms with Crippen LogP contribution >= 0.6 is 0 Å². The van der Waals surface area contributed by atoms with Gasteiger partial charge in [0.2, 0.25) is 5.91 Å². The average Bonchev–Trinajstić information content (AvgIpc) is 2.98. The van der Waals surface area contributed by atoms with Crippen molar-refractivity contribution in [1.82, 2.24) is 10.2 Å². The van der Waals surface area contributed by atoms with Gasteiger partial charge in [-0.2, -0.15) is 0 Å². The Balaban J connectivity index is 1.55. The zero-order valence-corrected chi connectivity index (χ0v) is 18.2. The number of hydrogen-bond acceptors (Lipinski definition) is 4. The Hall–Kier alpha value is -2.93. The van der Waals surface area contributed by atoms with Crippen LogP contribution in [0.3, 0.4) is 0 Å². The van der Waals surface area contributed by atoms with Gasteiger partial charge < -0.3 is 15.5 Å². The highest BCUT2D eigenvalue weighted by Gasteiger charge is 2.19. The van der Waals surface area contributed by atoms with E-state index in [-0.39, 0.29) is 24.2 Å². The Morgan fingerprint density at radius 3 is 2.48 bits per heavy atom. The molecule has 0 atom stereocenters. The first kappa shape index (κ1) is 22.7. The number of hydrogen-bond donors (Lipinski definition) is 2. The van der Waals surface area contributed by atoms with Crippen molar-refractivity contribution < 1.29 is 14.0 Å². The van der Waals surface area contributed by atoms with E-state index in [2.05, 4.69) is 20.4 Å². The molecule has 0 aliphatic carbocycles. The van der Waals surface area contributed by atoms with Gasteiger partial charge in [-0.05, 0) is 48.7 Å². The van der Waals surface area contributed by atoms with Crippen LogP contribution in [0.1, 0.15) is 30.6 Å². The summed E-state index contributed by atoms with van der Waals surface area (Å²) in [6, 6.07) is 13.6. The number of para-hydroxylation sites is 1. The fourth-order valence-electron chi connectivity index (χ4n) is 3.61.